The molecule has 0 radical (unpaired) electrons. The molecular formula is C13H24N2O4. The Morgan fingerprint density at radius 1 is 1.63 bits per heavy atom. The van der Waals surface area contributed by atoms with E-state index in [0.29, 0.717) is 26.1 Å². The van der Waals surface area contributed by atoms with Crippen LogP contribution < -0.4 is 5.32 Å². The third-order valence-electron chi connectivity index (χ3n) is 3.70. The van der Waals surface area contributed by atoms with Crippen molar-refractivity contribution in [1.29, 1.82) is 0 Å². The lowest BCUT2D eigenvalue weighted by atomic mass is 9.98. The zero-order valence-corrected chi connectivity index (χ0v) is 11.9. The molecule has 0 saturated carbocycles. The monoisotopic (exact) mass is 272 g/mol. The fourth-order valence-electron chi connectivity index (χ4n) is 2.00. The molecular weight excluding hydrogens is 248 g/mol. The van der Waals surface area contributed by atoms with Gasteiger partial charge in [-0.1, -0.05) is 6.92 Å². The fraction of sp³-hybridized carbons (Fsp3) is 0.846. The normalized spacial score (nSPS) is 22.4. The first-order valence-corrected chi connectivity index (χ1v) is 6.65. The Kier molecular flexibility index (Phi) is 5.75. The summed E-state index contributed by atoms with van der Waals surface area (Å²) < 4.78 is 4.94. The van der Waals surface area contributed by atoms with Crippen LogP contribution in [0.1, 0.15) is 26.7 Å². The summed E-state index contributed by atoms with van der Waals surface area (Å²) in [5.74, 6) is -0.507. The number of nitrogens with zero attached hydrogens (tertiary/aromatic N) is 1. The van der Waals surface area contributed by atoms with Crippen molar-refractivity contribution in [2.24, 2.45) is 5.92 Å². The highest BCUT2D eigenvalue weighted by Crippen LogP contribution is 2.19. The molecule has 1 rings (SSSR count). The van der Waals surface area contributed by atoms with Crippen molar-refractivity contribution in [2.45, 2.75) is 32.2 Å². The molecule has 2 unspecified atom stereocenters. The number of aliphatic hydroxyl groups is 1. The second-order valence-corrected chi connectivity index (χ2v) is 5.30. The highest BCUT2D eigenvalue weighted by molar-refractivity contribution is 5.89. The van der Waals surface area contributed by atoms with E-state index >= 15 is 0 Å². The Bertz CT molecular complexity index is 329. The number of amides is 2. The standard InChI is InChI=1S/C13H24N2O4/c1-4-13(2,9-16)14-12(18)10-7-11(17)15(8-10)5-6-19-3/h10,16H,4-9H2,1-3H3,(H,14,18). The Morgan fingerprint density at radius 3 is 2.84 bits per heavy atom. The highest BCUT2D eigenvalue weighted by atomic mass is 16.5. The van der Waals surface area contributed by atoms with E-state index in [2.05, 4.69) is 5.32 Å². The van der Waals surface area contributed by atoms with Crippen LogP contribution in [0.3, 0.4) is 0 Å². The molecule has 0 aromatic heterocycles. The molecule has 0 bridgehead atoms. The molecule has 6 nitrogen and oxygen atoms in total. The summed E-state index contributed by atoms with van der Waals surface area (Å²) in [6.07, 6.45) is 0.879. The largest absolute Gasteiger partial charge is 0.394 e. The summed E-state index contributed by atoms with van der Waals surface area (Å²) in [6.45, 7) is 5.02. The van der Waals surface area contributed by atoms with Crippen molar-refractivity contribution in [2.75, 3.05) is 33.4 Å². The minimum Gasteiger partial charge on any atom is -0.394 e. The first-order valence-electron chi connectivity index (χ1n) is 6.65. The lowest BCUT2D eigenvalue weighted by Gasteiger charge is -2.28. The molecule has 0 aromatic rings. The number of ether oxygens (including phenoxy) is 1. The van der Waals surface area contributed by atoms with Crippen LogP contribution in [0.25, 0.3) is 0 Å². The molecule has 2 atom stereocenters. The summed E-state index contributed by atoms with van der Waals surface area (Å²) in [5, 5.41) is 12.1. The number of carbonyl (C=O) groups excluding carboxylic acids is 2. The molecule has 1 aliphatic rings. The molecule has 2 amide bonds. The van der Waals surface area contributed by atoms with Crippen LogP contribution in [0.4, 0.5) is 0 Å². The van der Waals surface area contributed by atoms with Gasteiger partial charge in [-0.3, -0.25) is 9.59 Å². The number of nitrogens with one attached hydrogen (secondary N) is 1. The van der Waals surface area contributed by atoms with Crippen molar-refractivity contribution in [1.82, 2.24) is 10.2 Å². The van der Waals surface area contributed by atoms with Crippen LogP contribution in [0.5, 0.6) is 0 Å². The van der Waals surface area contributed by atoms with Crippen molar-refractivity contribution >= 4 is 11.8 Å². The summed E-state index contributed by atoms with van der Waals surface area (Å²) in [7, 11) is 1.58. The Labute approximate surface area is 114 Å². The Hall–Kier alpha value is -1.14. The third kappa shape index (κ3) is 4.18. The maximum absolute atomic E-state index is 12.1. The molecule has 19 heavy (non-hydrogen) atoms. The molecule has 1 fully saturated rings. The van der Waals surface area contributed by atoms with Gasteiger partial charge in [-0.2, -0.15) is 0 Å². The van der Waals surface area contributed by atoms with Crippen molar-refractivity contribution < 1.29 is 19.4 Å². The highest BCUT2D eigenvalue weighted by Gasteiger charge is 2.36. The van der Waals surface area contributed by atoms with Gasteiger partial charge in [0, 0.05) is 26.6 Å². The number of likely N-dealkylation sites (tertiary alicyclic amines) is 1. The summed E-state index contributed by atoms with van der Waals surface area (Å²) in [4.78, 5) is 25.5. The number of methoxy groups -OCH3 is 1. The third-order valence-corrected chi connectivity index (χ3v) is 3.70. The van der Waals surface area contributed by atoms with Gasteiger partial charge in [-0.15, -0.1) is 0 Å². The van der Waals surface area contributed by atoms with Crippen molar-refractivity contribution in [3.05, 3.63) is 0 Å². The number of rotatable bonds is 7. The van der Waals surface area contributed by atoms with Crippen LogP contribution in [0.15, 0.2) is 0 Å². The van der Waals surface area contributed by atoms with Crippen molar-refractivity contribution in [3.8, 4) is 0 Å². The minimum atomic E-state index is -0.611. The first kappa shape index (κ1) is 15.9. The van der Waals surface area contributed by atoms with Crippen LogP contribution in [0, 0.1) is 5.92 Å². The quantitative estimate of drug-likeness (QED) is 0.670. The average Bonchev–Trinajstić information content (AvgIpc) is 2.77. The molecule has 110 valence electrons. The van der Waals surface area contributed by atoms with Crippen LogP contribution >= 0.6 is 0 Å². The molecule has 0 aromatic carbocycles. The predicted octanol–water partition coefficient (Wildman–Crippen LogP) is -0.241. The summed E-state index contributed by atoms with van der Waals surface area (Å²) >= 11 is 0. The van der Waals surface area contributed by atoms with Gasteiger partial charge in [-0.05, 0) is 13.3 Å². The molecule has 1 heterocycles. The lowest BCUT2D eigenvalue weighted by molar-refractivity contribution is -0.130. The van der Waals surface area contributed by atoms with E-state index in [-0.39, 0.29) is 30.8 Å². The van der Waals surface area contributed by atoms with Gasteiger partial charge in [0.15, 0.2) is 0 Å². The molecule has 6 heteroatoms. The zero-order valence-electron chi connectivity index (χ0n) is 11.9. The molecule has 0 spiro atoms. The van der Waals surface area contributed by atoms with E-state index in [0.717, 1.165) is 0 Å². The van der Waals surface area contributed by atoms with Crippen LogP contribution in [-0.2, 0) is 14.3 Å². The SMILES string of the molecule is CCC(C)(CO)NC(=O)C1CC(=O)N(CCOC)C1. The first-order chi connectivity index (χ1) is 8.95. The lowest BCUT2D eigenvalue weighted by Crippen LogP contribution is -2.50. The summed E-state index contributed by atoms with van der Waals surface area (Å²) in [5.41, 5.74) is -0.611. The van der Waals surface area contributed by atoms with Gasteiger partial charge in [-0.25, -0.2) is 0 Å². The number of hydrogen-bond donors (Lipinski definition) is 2. The van der Waals surface area contributed by atoms with Crippen LogP contribution in [0.2, 0.25) is 0 Å². The van der Waals surface area contributed by atoms with Gasteiger partial charge in [0.05, 0.1) is 24.7 Å². The van der Waals surface area contributed by atoms with Gasteiger partial charge in [0.1, 0.15) is 0 Å². The number of aliphatic hydroxyl groups excluding tert-OH is 1. The van der Waals surface area contributed by atoms with Crippen molar-refractivity contribution in [3.63, 3.8) is 0 Å². The maximum Gasteiger partial charge on any atom is 0.225 e. The van der Waals surface area contributed by atoms with E-state index in [4.69, 9.17) is 4.74 Å². The average molecular weight is 272 g/mol. The number of carbonyl (C=O) groups is 2. The molecule has 2 N–H and O–H groups in total. The van der Waals surface area contributed by atoms with Gasteiger partial charge in [0.25, 0.3) is 0 Å². The number of hydrogen-bond acceptors (Lipinski definition) is 4. The topological polar surface area (TPSA) is 78.9 Å². The van der Waals surface area contributed by atoms with E-state index in [1.165, 1.54) is 0 Å². The Morgan fingerprint density at radius 2 is 2.32 bits per heavy atom. The molecule has 0 aliphatic carbocycles. The second kappa shape index (κ2) is 6.86. The smallest absolute Gasteiger partial charge is 0.225 e. The Balaban J connectivity index is 2.53. The van der Waals surface area contributed by atoms with E-state index in [1.807, 2.05) is 6.92 Å². The summed E-state index contributed by atoms with van der Waals surface area (Å²) in [6, 6.07) is 0. The minimum absolute atomic E-state index is 0.0144. The zero-order chi connectivity index (χ0) is 14.5. The van der Waals surface area contributed by atoms with E-state index in [9.17, 15) is 14.7 Å². The van der Waals surface area contributed by atoms with Gasteiger partial charge < -0.3 is 20.1 Å². The van der Waals surface area contributed by atoms with E-state index in [1.54, 1.807) is 18.9 Å². The fourth-order valence-corrected chi connectivity index (χ4v) is 2.00. The second-order valence-electron chi connectivity index (χ2n) is 5.30. The van der Waals surface area contributed by atoms with Gasteiger partial charge >= 0.3 is 0 Å². The maximum atomic E-state index is 12.1. The van der Waals surface area contributed by atoms with Gasteiger partial charge in [0.2, 0.25) is 11.8 Å². The molecule has 1 saturated heterocycles. The molecule has 1 aliphatic heterocycles. The predicted molar refractivity (Wildman–Crippen MR) is 70.5 cm³/mol. The van der Waals surface area contributed by atoms with Crippen LogP contribution in [-0.4, -0.2) is 60.8 Å². The van der Waals surface area contributed by atoms with E-state index < -0.39 is 5.54 Å².